The van der Waals surface area contributed by atoms with Gasteiger partial charge in [-0.15, -0.1) is 0 Å². The summed E-state index contributed by atoms with van der Waals surface area (Å²) in [6.07, 6.45) is 3.92. The molecule has 6 heteroatoms. The number of amides is 2. The molecule has 3 heterocycles. The van der Waals surface area contributed by atoms with E-state index in [9.17, 15) is 9.59 Å². The molecule has 2 aliphatic rings. The normalized spacial score (nSPS) is 20.4. The molecule has 1 aromatic rings. The largest absolute Gasteiger partial charge is 0.480 e. The Morgan fingerprint density at radius 1 is 1.43 bits per heavy atom. The number of piperidine rings is 1. The molecule has 2 fully saturated rings. The second-order valence-electron chi connectivity index (χ2n) is 5.81. The molecule has 0 radical (unpaired) electrons. The molecule has 0 atom stereocenters. The summed E-state index contributed by atoms with van der Waals surface area (Å²) in [6.45, 7) is 2.09. The third-order valence-corrected chi connectivity index (χ3v) is 4.50. The van der Waals surface area contributed by atoms with E-state index >= 15 is 0 Å². The Morgan fingerprint density at radius 2 is 2.19 bits per heavy atom. The highest BCUT2D eigenvalue weighted by Crippen LogP contribution is 2.37. The number of likely N-dealkylation sites (tertiary alicyclic amines) is 1. The molecule has 1 spiro atoms. The molecule has 0 bridgehead atoms. The first-order valence-electron chi connectivity index (χ1n) is 7.19. The second kappa shape index (κ2) is 5.35. The number of aromatic nitrogens is 1. The van der Waals surface area contributed by atoms with Crippen LogP contribution in [0, 0.1) is 5.41 Å². The van der Waals surface area contributed by atoms with Crippen molar-refractivity contribution < 1.29 is 14.3 Å². The van der Waals surface area contributed by atoms with Crippen LogP contribution in [0.4, 0.5) is 0 Å². The van der Waals surface area contributed by atoms with Gasteiger partial charge in [-0.3, -0.25) is 9.59 Å². The lowest BCUT2D eigenvalue weighted by molar-refractivity contribution is -0.119. The van der Waals surface area contributed by atoms with Gasteiger partial charge in [0.15, 0.2) is 0 Å². The summed E-state index contributed by atoms with van der Waals surface area (Å²) in [6, 6.07) is 3.47. The zero-order chi connectivity index (χ0) is 14.9. The lowest BCUT2D eigenvalue weighted by Gasteiger charge is -2.38. The Labute approximate surface area is 123 Å². The summed E-state index contributed by atoms with van der Waals surface area (Å²) in [5.41, 5.74) is 0.545. The predicted octanol–water partition coefficient (Wildman–Crippen LogP) is 0.833. The maximum absolute atomic E-state index is 12.6. The highest BCUT2D eigenvalue weighted by Gasteiger charge is 2.41. The van der Waals surface area contributed by atoms with Crippen molar-refractivity contribution >= 4 is 11.8 Å². The van der Waals surface area contributed by atoms with Gasteiger partial charge in [0.1, 0.15) is 5.56 Å². The van der Waals surface area contributed by atoms with Crippen LogP contribution in [0.3, 0.4) is 0 Å². The van der Waals surface area contributed by atoms with Crippen LogP contribution in [0.1, 0.15) is 29.6 Å². The van der Waals surface area contributed by atoms with Crippen molar-refractivity contribution in [2.45, 2.75) is 19.3 Å². The molecular weight excluding hydrogens is 270 g/mol. The Kier molecular flexibility index (Phi) is 3.53. The fraction of sp³-hybridized carbons (Fsp3) is 0.533. The maximum atomic E-state index is 12.6. The molecule has 0 aromatic carbocycles. The monoisotopic (exact) mass is 289 g/mol. The van der Waals surface area contributed by atoms with Crippen molar-refractivity contribution in [3.8, 4) is 5.88 Å². The van der Waals surface area contributed by atoms with Crippen molar-refractivity contribution in [3.63, 3.8) is 0 Å². The van der Waals surface area contributed by atoms with Gasteiger partial charge in [0.05, 0.1) is 7.11 Å². The van der Waals surface area contributed by atoms with Crippen LogP contribution in [0.5, 0.6) is 5.88 Å². The van der Waals surface area contributed by atoms with Gasteiger partial charge < -0.3 is 15.0 Å². The van der Waals surface area contributed by atoms with E-state index in [0.717, 1.165) is 19.4 Å². The highest BCUT2D eigenvalue weighted by atomic mass is 16.5. The van der Waals surface area contributed by atoms with Gasteiger partial charge in [-0.05, 0) is 30.4 Å². The molecule has 2 amide bonds. The minimum Gasteiger partial charge on any atom is -0.480 e. The summed E-state index contributed by atoms with van der Waals surface area (Å²) in [4.78, 5) is 29.9. The van der Waals surface area contributed by atoms with Crippen molar-refractivity contribution in [2.24, 2.45) is 5.41 Å². The Morgan fingerprint density at radius 3 is 2.81 bits per heavy atom. The molecular formula is C15H19N3O3. The second-order valence-corrected chi connectivity index (χ2v) is 5.81. The highest BCUT2D eigenvalue weighted by molar-refractivity contribution is 5.96. The molecule has 112 valence electrons. The number of pyridine rings is 1. The lowest BCUT2D eigenvalue weighted by atomic mass is 9.77. The van der Waals surface area contributed by atoms with Crippen molar-refractivity contribution in [3.05, 3.63) is 23.9 Å². The maximum Gasteiger partial charge on any atom is 0.259 e. The molecule has 1 N–H and O–H groups in total. The number of ether oxygens (including phenoxy) is 1. The van der Waals surface area contributed by atoms with Gasteiger partial charge in [-0.2, -0.15) is 0 Å². The molecule has 2 aliphatic heterocycles. The molecule has 6 nitrogen and oxygen atoms in total. The molecule has 0 aliphatic carbocycles. The number of carbonyl (C=O) groups excluding carboxylic acids is 2. The molecule has 3 rings (SSSR count). The number of nitrogens with one attached hydrogen (secondary N) is 1. The number of nitrogens with zero attached hydrogens (tertiary/aromatic N) is 2. The summed E-state index contributed by atoms with van der Waals surface area (Å²) in [5, 5.41) is 2.90. The lowest BCUT2D eigenvalue weighted by Crippen LogP contribution is -2.44. The molecule has 0 unspecified atom stereocenters. The fourth-order valence-corrected chi connectivity index (χ4v) is 3.18. The van der Waals surface area contributed by atoms with Crippen LogP contribution < -0.4 is 10.1 Å². The zero-order valence-electron chi connectivity index (χ0n) is 12.1. The Balaban J connectivity index is 1.69. The standard InChI is InChI=1S/C15H19N3O3/c1-21-13-11(3-2-6-16-13)14(20)18-7-4-15(5-8-18)9-12(19)17-10-15/h2-3,6H,4-5,7-10H2,1H3,(H,17,19). The molecule has 0 saturated carbocycles. The average Bonchev–Trinajstić information content (AvgIpc) is 2.88. The smallest absolute Gasteiger partial charge is 0.259 e. The third-order valence-electron chi connectivity index (χ3n) is 4.50. The van der Waals surface area contributed by atoms with E-state index in [4.69, 9.17) is 4.74 Å². The van der Waals surface area contributed by atoms with Gasteiger partial charge in [-0.25, -0.2) is 4.98 Å². The van der Waals surface area contributed by atoms with Crippen LogP contribution >= 0.6 is 0 Å². The van der Waals surface area contributed by atoms with Crippen LogP contribution in [0.15, 0.2) is 18.3 Å². The summed E-state index contributed by atoms with van der Waals surface area (Å²) in [5.74, 6) is 0.441. The molecule has 2 saturated heterocycles. The average molecular weight is 289 g/mol. The Bertz CT molecular complexity index is 565. The Hall–Kier alpha value is -2.11. The van der Waals surface area contributed by atoms with Gasteiger partial charge in [-0.1, -0.05) is 0 Å². The van der Waals surface area contributed by atoms with Gasteiger partial charge in [0.25, 0.3) is 5.91 Å². The topological polar surface area (TPSA) is 71.5 Å². The van der Waals surface area contributed by atoms with Crippen LogP contribution in [-0.2, 0) is 4.79 Å². The first-order chi connectivity index (χ1) is 10.1. The van der Waals surface area contributed by atoms with E-state index in [0.29, 0.717) is 31.0 Å². The summed E-state index contributed by atoms with van der Waals surface area (Å²) in [7, 11) is 1.51. The van der Waals surface area contributed by atoms with E-state index in [2.05, 4.69) is 10.3 Å². The van der Waals surface area contributed by atoms with Gasteiger partial charge in [0.2, 0.25) is 11.8 Å². The number of methoxy groups -OCH3 is 1. The fourth-order valence-electron chi connectivity index (χ4n) is 3.18. The van der Waals surface area contributed by atoms with Gasteiger partial charge >= 0.3 is 0 Å². The third kappa shape index (κ3) is 2.57. The van der Waals surface area contributed by atoms with Crippen LogP contribution in [-0.4, -0.2) is 48.4 Å². The summed E-state index contributed by atoms with van der Waals surface area (Å²) >= 11 is 0. The molecule has 1 aromatic heterocycles. The van der Waals surface area contributed by atoms with Crippen molar-refractivity contribution in [1.82, 2.24) is 15.2 Å². The van der Waals surface area contributed by atoms with E-state index in [-0.39, 0.29) is 17.2 Å². The van der Waals surface area contributed by atoms with E-state index in [1.54, 1.807) is 18.3 Å². The predicted molar refractivity (Wildman–Crippen MR) is 76.0 cm³/mol. The minimum absolute atomic E-state index is 0.0485. The first-order valence-corrected chi connectivity index (χ1v) is 7.19. The number of carbonyl (C=O) groups is 2. The SMILES string of the molecule is COc1ncccc1C(=O)N1CCC2(CC1)CNC(=O)C2. The number of rotatable bonds is 2. The zero-order valence-corrected chi connectivity index (χ0v) is 12.1. The minimum atomic E-state index is -0.0490. The summed E-state index contributed by atoms with van der Waals surface area (Å²) < 4.78 is 5.15. The van der Waals surface area contributed by atoms with Crippen LogP contribution in [0.2, 0.25) is 0 Å². The first kappa shape index (κ1) is 13.9. The van der Waals surface area contributed by atoms with Crippen molar-refractivity contribution in [1.29, 1.82) is 0 Å². The van der Waals surface area contributed by atoms with E-state index in [1.807, 2.05) is 4.90 Å². The number of hydrogen-bond donors (Lipinski definition) is 1. The van der Waals surface area contributed by atoms with Gasteiger partial charge in [0, 0.05) is 32.3 Å². The molecule has 21 heavy (non-hydrogen) atoms. The quantitative estimate of drug-likeness (QED) is 0.875. The number of hydrogen-bond acceptors (Lipinski definition) is 4. The van der Waals surface area contributed by atoms with E-state index in [1.165, 1.54) is 7.11 Å². The van der Waals surface area contributed by atoms with E-state index < -0.39 is 0 Å². The van der Waals surface area contributed by atoms with Crippen LogP contribution in [0.25, 0.3) is 0 Å². The van der Waals surface area contributed by atoms with Crippen molar-refractivity contribution in [2.75, 3.05) is 26.7 Å².